The van der Waals surface area contributed by atoms with Crippen LogP contribution in [0.2, 0.25) is 0 Å². The molecule has 9 heteroatoms. The number of hydrogen-bond acceptors (Lipinski definition) is 8. The summed E-state index contributed by atoms with van der Waals surface area (Å²) in [6, 6.07) is -0.0557. The summed E-state index contributed by atoms with van der Waals surface area (Å²) in [5.41, 5.74) is 0.567. The van der Waals surface area contributed by atoms with Crippen molar-refractivity contribution >= 4 is 5.91 Å². The SMILES string of the molecule is COCCNC(=O)CN1CCCCC1c1nc(-c2cnccn2)no1. The molecule has 0 bridgehead atoms. The molecule has 25 heavy (non-hydrogen) atoms. The number of likely N-dealkylation sites (tertiary alicyclic amines) is 1. The van der Waals surface area contributed by atoms with Crippen LogP contribution in [-0.2, 0) is 9.53 Å². The van der Waals surface area contributed by atoms with Crippen LogP contribution in [0.3, 0.4) is 0 Å². The number of carbonyl (C=O) groups excluding carboxylic acids is 1. The summed E-state index contributed by atoms with van der Waals surface area (Å²) in [5, 5.41) is 6.85. The maximum absolute atomic E-state index is 12.1. The molecule has 9 nitrogen and oxygen atoms in total. The van der Waals surface area contributed by atoms with Crippen molar-refractivity contribution in [1.82, 2.24) is 30.3 Å². The van der Waals surface area contributed by atoms with E-state index in [1.807, 2.05) is 0 Å². The van der Waals surface area contributed by atoms with Gasteiger partial charge in [-0.05, 0) is 19.4 Å². The van der Waals surface area contributed by atoms with E-state index < -0.39 is 0 Å². The molecular weight excluding hydrogens is 324 g/mol. The fraction of sp³-hybridized carbons (Fsp3) is 0.562. The van der Waals surface area contributed by atoms with E-state index in [0.29, 0.717) is 37.1 Å². The Balaban J connectivity index is 1.67. The van der Waals surface area contributed by atoms with Gasteiger partial charge in [-0.25, -0.2) is 4.98 Å². The van der Waals surface area contributed by atoms with E-state index in [0.717, 1.165) is 25.8 Å². The maximum Gasteiger partial charge on any atom is 0.244 e. The normalized spacial score (nSPS) is 18.2. The lowest BCUT2D eigenvalue weighted by molar-refractivity contribution is -0.123. The van der Waals surface area contributed by atoms with Crippen molar-refractivity contribution in [3.05, 3.63) is 24.5 Å². The summed E-state index contributed by atoms with van der Waals surface area (Å²) in [6.45, 7) is 2.13. The standard InChI is InChI=1S/C16H22N6O3/c1-24-9-7-19-14(23)11-22-8-3-2-4-13(22)16-20-15(21-25-16)12-10-17-5-6-18-12/h5-6,10,13H,2-4,7-9,11H2,1H3,(H,19,23). The highest BCUT2D eigenvalue weighted by atomic mass is 16.5. The number of ether oxygens (including phenoxy) is 1. The van der Waals surface area contributed by atoms with E-state index in [2.05, 4.69) is 30.3 Å². The summed E-state index contributed by atoms with van der Waals surface area (Å²) in [5.74, 6) is 0.904. The average molecular weight is 346 g/mol. The number of rotatable bonds is 7. The van der Waals surface area contributed by atoms with Gasteiger partial charge in [-0.2, -0.15) is 4.98 Å². The molecule has 2 aromatic rings. The first-order valence-corrected chi connectivity index (χ1v) is 8.37. The van der Waals surface area contributed by atoms with Gasteiger partial charge in [0.05, 0.1) is 25.4 Å². The minimum absolute atomic E-state index is 0.0300. The van der Waals surface area contributed by atoms with Crippen LogP contribution in [0.15, 0.2) is 23.1 Å². The monoisotopic (exact) mass is 346 g/mol. The molecule has 1 aliphatic heterocycles. The second-order valence-electron chi connectivity index (χ2n) is 5.87. The third-order valence-corrected chi connectivity index (χ3v) is 4.11. The Kier molecular flexibility index (Phi) is 6.02. The van der Waals surface area contributed by atoms with Crippen molar-refractivity contribution in [2.75, 3.05) is 33.4 Å². The molecule has 1 N–H and O–H groups in total. The van der Waals surface area contributed by atoms with Crippen molar-refractivity contribution < 1.29 is 14.1 Å². The molecule has 1 aliphatic rings. The summed E-state index contributed by atoms with van der Waals surface area (Å²) in [7, 11) is 1.61. The Morgan fingerprint density at radius 1 is 1.44 bits per heavy atom. The molecule has 0 aromatic carbocycles. The minimum atomic E-state index is -0.0557. The van der Waals surface area contributed by atoms with Gasteiger partial charge in [-0.3, -0.25) is 14.7 Å². The Morgan fingerprint density at radius 2 is 2.36 bits per heavy atom. The number of carbonyl (C=O) groups is 1. The highest BCUT2D eigenvalue weighted by molar-refractivity contribution is 5.78. The molecule has 2 aromatic heterocycles. The molecule has 0 aliphatic carbocycles. The van der Waals surface area contributed by atoms with Crippen LogP contribution in [0.5, 0.6) is 0 Å². The second kappa shape index (κ2) is 8.63. The van der Waals surface area contributed by atoms with Crippen molar-refractivity contribution in [2.24, 2.45) is 0 Å². The third-order valence-electron chi connectivity index (χ3n) is 4.11. The maximum atomic E-state index is 12.1. The number of hydrogen-bond donors (Lipinski definition) is 1. The van der Waals surface area contributed by atoms with E-state index >= 15 is 0 Å². The molecule has 1 saturated heterocycles. The van der Waals surface area contributed by atoms with Gasteiger partial charge < -0.3 is 14.6 Å². The van der Waals surface area contributed by atoms with Crippen molar-refractivity contribution in [3.8, 4) is 11.5 Å². The zero-order valence-electron chi connectivity index (χ0n) is 14.2. The average Bonchev–Trinajstić information content (AvgIpc) is 3.13. The van der Waals surface area contributed by atoms with Gasteiger partial charge in [0.25, 0.3) is 0 Å². The molecule has 0 radical (unpaired) electrons. The molecule has 1 unspecified atom stereocenters. The fourth-order valence-electron chi connectivity index (χ4n) is 2.88. The number of nitrogens with one attached hydrogen (secondary N) is 1. The van der Waals surface area contributed by atoms with Gasteiger partial charge in [0, 0.05) is 26.0 Å². The zero-order valence-corrected chi connectivity index (χ0v) is 14.2. The number of piperidine rings is 1. The first-order valence-electron chi connectivity index (χ1n) is 8.37. The summed E-state index contributed by atoms with van der Waals surface area (Å²) in [4.78, 5) is 26.8. The molecule has 0 saturated carbocycles. The first-order chi connectivity index (χ1) is 12.3. The van der Waals surface area contributed by atoms with Crippen LogP contribution in [0.25, 0.3) is 11.5 Å². The molecular formula is C16H22N6O3. The largest absolute Gasteiger partial charge is 0.383 e. The summed E-state index contributed by atoms with van der Waals surface area (Å²) >= 11 is 0. The van der Waals surface area contributed by atoms with Gasteiger partial charge in [-0.1, -0.05) is 11.6 Å². The van der Waals surface area contributed by atoms with Crippen LogP contribution in [0, 0.1) is 0 Å². The minimum Gasteiger partial charge on any atom is -0.383 e. The van der Waals surface area contributed by atoms with Crippen molar-refractivity contribution in [3.63, 3.8) is 0 Å². The van der Waals surface area contributed by atoms with Crippen LogP contribution in [-0.4, -0.2) is 64.3 Å². The molecule has 1 amide bonds. The number of amides is 1. The number of aromatic nitrogens is 4. The lowest BCUT2D eigenvalue weighted by Gasteiger charge is -2.32. The molecule has 3 heterocycles. The molecule has 1 fully saturated rings. The predicted molar refractivity (Wildman–Crippen MR) is 88.4 cm³/mol. The van der Waals surface area contributed by atoms with Gasteiger partial charge in [0.1, 0.15) is 5.69 Å². The highest BCUT2D eigenvalue weighted by Gasteiger charge is 2.30. The third kappa shape index (κ3) is 4.58. The highest BCUT2D eigenvalue weighted by Crippen LogP contribution is 2.30. The van der Waals surface area contributed by atoms with E-state index in [1.54, 1.807) is 25.7 Å². The Morgan fingerprint density at radius 3 is 3.16 bits per heavy atom. The van der Waals surface area contributed by atoms with Crippen LogP contribution in [0.4, 0.5) is 0 Å². The Hall–Kier alpha value is -2.39. The predicted octanol–water partition coefficient (Wildman–Crippen LogP) is 0.816. The Labute approximate surface area is 145 Å². The fourth-order valence-corrected chi connectivity index (χ4v) is 2.88. The van der Waals surface area contributed by atoms with Crippen LogP contribution >= 0.6 is 0 Å². The second-order valence-corrected chi connectivity index (χ2v) is 5.87. The van der Waals surface area contributed by atoms with Gasteiger partial charge in [0.2, 0.25) is 17.6 Å². The zero-order chi connectivity index (χ0) is 17.5. The number of methoxy groups -OCH3 is 1. The molecule has 3 rings (SSSR count). The molecule has 134 valence electrons. The summed E-state index contributed by atoms with van der Waals surface area (Å²) in [6.07, 6.45) is 7.77. The summed E-state index contributed by atoms with van der Waals surface area (Å²) < 4.78 is 10.4. The number of nitrogens with zero attached hydrogens (tertiary/aromatic N) is 5. The van der Waals surface area contributed by atoms with Crippen molar-refractivity contribution in [1.29, 1.82) is 0 Å². The van der Waals surface area contributed by atoms with E-state index in [9.17, 15) is 4.79 Å². The lowest BCUT2D eigenvalue weighted by atomic mass is 10.0. The van der Waals surface area contributed by atoms with Crippen LogP contribution in [0.1, 0.15) is 31.2 Å². The lowest BCUT2D eigenvalue weighted by Crippen LogP contribution is -2.42. The van der Waals surface area contributed by atoms with Gasteiger partial charge >= 0.3 is 0 Å². The molecule has 1 atom stereocenters. The van der Waals surface area contributed by atoms with E-state index in [-0.39, 0.29) is 11.9 Å². The topological polar surface area (TPSA) is 106 Å². The van der Waals surface area contributed by atoms with Crippen molar-refractivity contribution in [2.45, 2.75) is 25.3 Å². The first kappa shape index (κ1) is 17.4. The molecule has 0 spiro atoms. The van der Waals surface area contributed by atoms with E-state index in [1.165, 1.54) is 0 Å². The van der Waals surface area contributed by atoms with Crippen LogP contribution < -0.4 is 5.32 Å². The van der Waals surface area contributed by atoms with Gasteiger partial charge in [0.15, 0.2) is 0 Å². The quantitative estimate of drug-likeness (QED) is 0.734. The Bertz CT molecular complexity index is 678. The van der Waals surface area contributed by atoms with E-state index in [4.69, 9.17) is 9.26 Å². The van der Waals surface area contributed by atoms with Gasteiger partial charge in [-0.15, -0.1) is 0 Å². The smallest absolute Gasteiger partial charge is 0.244 e.